The molecule has 28 heavy (non-hydrogen) atoms. The van der Waals surface area contributed by atoms with Crippen molar-refractivity contribution in [3.63, 3.8) is 0 Å². The van der Waals surface area contributed by atoms with Crippen LogP contribution in [0.2, 0.25) is 0 Å². The van der Waals surface area contributed by atoms with Gasteiger partial charge in [-0.1, -0.05) is 0 Å². The lowest BCUT2D eigenvalue weighted by molar-refractivity contribution is 0.0798. The van der Waals surface area contributed by atoms with Crippen molar-refractivity contribution in [3.05, 3.63) is 46.3 Å². The Labute approximate surface area is 160 Å². The van der Waals surface area contributed by atoms with Crippen LogP contribution in [0.3, 0.4) is 0 Å². The number of carbonyl (C=O) groups excluding carboxylic acids is 1. The van der Waals surface area contributed by atoms with Crippen molar-refractivity contribution in [2.45, 2.75) is 38.8 Å². The number of pyridine rings is 1. The van der Waals surface area contributed by atoms with Crippen LogP contribution in [0.1, 0.15) is 42.2 Å². The van der Waals surface area contributed by atoms with E-state index in [0.717, 1.165) is 30.2 Å². The van der Waals surface area contributed by atoms with Crippen molar-refractivity contribution in [3.8, 4) is 0 Å². The van der Waals surface area contributed by atoms with Crippen molar-refractivity contribution in [1.29, 1.82) is 0 Å². The number of anilines is 2. The topological polar surface area (TPSA) is 108 Å². The Kier molecular flexibility index (Phi) is 3.49. The quantitative estimate of drug-likeness (QED) is 0.626. The number of nitrogens with zero attached hydrogens (tertiary/aromatic N) is 4. The van der Waals surface area contributed by atoms with Gasteiger partial charge in [-0.2, -0.15) is 0 Å². The molecule has 1 amide bonds. The van der Waals surface area contributed by atoms with Crippen LogP contribution in [0.4, 0.5) is 11.5 Å². The molecular formula is C19H21N7O2. The van der Waals surface area contributed by atoms with E-state index in [-0.39, 0.29) is 11.5 Å². The molecule has 0 radical (unpaired) electrons. The maximum Gasteiger partial charge on any atom is 0.293 e. The van der Waals surface area contributed by atoms with Crippen LogP contribution < -0.4 is 21.2 Å². The van der Waals surface area contributed by atoms with Gasteiger partial charge in [0.2, 0.25) is 0 Å². The van der Waals surface area contributed by atoms with Gasteiger partial charge >= 0.3 is 0 Å². The monoisotopic (exact) mass is 379 g/mol. The van der Waals surface area contributed by atoms with E-state index in [0.29, 0.717) is 29.4 Å². The zero-order valence-corrected chi connectivity index (χ0v) is 15.7. The molecule has 5 rings (SSSR count). The summed E-state index contributed by atoms with van der Waals surface area (Å²) in [5.41, 5.74) is 1.38. The Balaban J connectivity index is 1.67. The number of hydrogen-bond donors (Lipinski definition) is 3. The number of amides is 1. The molecule has 3 N–H and O–H groups in total. The fourth-order valence-electron chi connectivity index (χ4n) is 4.28. The normalized spacial score (nSPS) is 21.2. The molecule has 0 spiro atoms. The minimum atomic E-state index is -0.556. The van der Waals surface area contributed by atoms with Crippen LogP contribution in [-0.2, 0) is 0 Å². The third-order valence-electron chi connectivity index (χ3n) is 5.67. The molecule has 2 aliphatic heterocycles. The summed E-state index contributed by atoms with van der Waals surface area (Å²) >= 11 is 0. The highest BCUT2D eigenvalue weighted by molar-refractivity contribution is 5.96. The van der Waals surface area contributed by atoms with Crippen LogP contribution >= 0.6 is 0 Å². The van der Waals surface area contributed by atoms with Crippen molar-refractivity contribution < 1.29 is 4.79 Å². The number of piperidine rings is 1. The van der Waals surface area contributed by atoms with Crippen molar-refractivity contribution in [2.75, 3.05) is 16.9 Å². The third kappa shape index (κ3) is 2.32. The van der Waals surface area contributed by atoms with E-state index < -0.39 is 5.66 Å². The molecule has 2 aliphatic rings. The first-order valence-electron chi connectivity index (χ1n) is 9.40. The van der Waals surface area contributed by atoms with Gasteiger partial charge in [-0.15, -0.1) is 0 Å². The molecular weight excluding hydrogens is 358 g/mol. The first kappa shape index (κ1) is 16.8. The van der Waals surface area contributed by atoms with Crippen LogP contribution in [0.15, 0.2) is 29.5 Å². The largest absolute Gasteiger partial charge is 0.346 e. The number of hydrogen-bond acceptors (Lipinski definition) is 6. The minimum absolute atomic E-state index is 0.211. The van der Waals surface area contributed by atoms with E-state index in [4.69, 9.17) is 0 Å². The third-order valence-corrected chi connectivity index (χ3v) is 5.67. The van der Waals surface area contributed by atoms with Gasteiger partial charge in [0, 0.05) is 12.7 Å². The van der Waals surface area contributed by atoms with Gasteiger partial charge in [0.25, 0.3) is 11.5 Å². The van der Waals surface area contributed by atoms with E-state index in [1.165, 1.54) is 6.33 Å². The molecule has 0 aromatic carbocycles. The van der Waals surface area contributed by atoms with Gasteiger partial charge in [-0.05, 0) is 50.8 Å². The summed E-state index contributed by atoms with van der Waals surface area (Å²) in [5.74, 6) is 0.335. The highest BCUT2D eigenvalue weighted by atomic mass is 16.2. The fraction of sp³-hybridized carbons (Fsp3) is 0.368. The van der Waals surface area contributed by atoms with Gasteiger partial charge in [0.15, 0.2) is 0 Å². The number of aromatic amines is 1. The summed E-state index contributed by atoms with van der Waals surface area (Å²) in [6.45, 7) is 4.53. The van der Waals surface area contributed by atoms with Crippen LogP contribution in [0.25, 0.3) is 11.0 Å². The predicted octanol–water partition coefficient (Wildman–Crippen LogP) is 1.75. The molecule has 9 nitrogen and oxygen atoms in total. The smallest absolute Gasteiger partial charge is 0.293 e. The summed E-state index contributed by atoms with van der Waals surface area (Å²) in [6, 6.07) is 3.57. The molecule has 5 heterocycles. The molecule has 0 bridgehead atoms. The Morgan fingerprint density at radius 2 is 2.11 bits per heavy atom. The van der Waals surface area contributed by atoms with Gasteiger partial charge in [-0.25, -0.2) is 14.6 Å². The summed E-state index contributed by atoms with van der Waals surface area (Å²) in [7, 11) is 0. The minimum Gasteiger partial charge on any atom is -0.346 e. The lowest BCUT2D eigenvalue weighted by atomic mass is 9.96. The molecule has 3 aromatic heterocycles. The molecule has 1 fully saturated rings. The van der Waals surface area contributed by atoms with Crippen LogP contribution in [0.5, 0.6) is 0 Å². The van der Waals surface area contributed by atoms with E-state index >= 15 is 0 Å². The summed E-state index contributed by atoms with van der Waals surface area (Å²) in [4.78, 5) is 37.7. The van der Waals surface area contributed by atoms with Gasteiger partial charge < -0.3 is 15.6 Å². The van der Waals surface area contributed by atoms with Crippen molar-refractivity contribution in [1.82, 2.24) is 24.9 Å². The van der Waals surface area contributed by atoms with Crippen LogP contribution in [-0.4, -0.2) is 37.7 Å². The lowest BCUT2D eigenvalue weighted by Crippen LogP contribution is -2.71. The number of aromatic nitrogens is 4. The second-order valence-electron chi connectivity index (χ2n) is 7.60. The van der Waals surface area contributed by atoms with E-state index in [1.54, 1.807) is 16.9 Å². The summed E-state index contributed by atoms with van der Waals surface area (Å²) in [6.07, 6.45) is 6.01. The van der Waals surface area contributed by atoms with Crippen molar-refractivity contribution >= 4 is 28.4 Å². The van der Waals surface area contributed by atoms with Crippen molar-refractivity contribution in [2.24, 2.45) is 0 Å². The molecule has 0 saturated carbocycles. The maximum absolute atomic E-state index is 13.4. The molecule has 0 aliphatic carbocycles. The maximum atomic E-state index is 13.4. The van der Waals surface area contributed by atoms with E-state index in [1.807, 2.05) is 24.9 Å². The number of carbonyl (C=O) groups is 1. The second kappa shape index (κ2) is 5.82. The molecule has 9 heteroatoms. The Morgan fingerprint density at radius 3 is 2.96 bits per heavy atom. The molecule has 1 atom stereocenters. The van der Waals surface area contributed by atoms with E-state index in [9.17, 15) is 9.59 Å². The zero-order valence-electron chi connectivity index (χ0n) is 15.7. The van der Waals surface area contributed by atoms with Gasteiger partial charge in [-0.3, -0.25) is 14.6 Å². The first-order chi connectivity index (χ1) is 13.5. The Morgan fingerprint density at radius 1 is 1.25 bits per heavy atom. The Bertz CT molecular complexity index is 1160. The molecule has 3 aromatic rings. The van der Waals surface area contributed by atoms with Crippen LogP contribution in [0, 0.1) is 6.92 Å². The number of H-pyrrole nitrogens is 1. The SMILES string of the molecule is Cc1cc(Nc2ncnc3[nH]ccc23)c(=O)n2c1C(=O)N[C@]1(C)CCCCN21. The van der Waals surface area contributed by atoms with E-state index in [2.05, 4.69) is 25.6 Å². The average molecular weight is 379 g/mol. The molecule has 0 unspecified atom stereocenters. The fourth-order valence-corrected chi connectivity index (χ4v) is 4.28. The zero-order chi connectivity index (χ0) is 19.5. The number of rotatable bonds is 2. The lowest BCUT2D eigenvalue weighted by Gasteiger charge is -2.50. The second-order valence-corrected chi connectivity index (χ2v) is 7.60. The highest BCUT2D eigenvalue weighted by Gasteiger charge is 2.43. The summed E-state index contributed by atoms with van der Waals surface area (Å²) < 4.78 is 1.55. The number of nitrogens with one attached hydrogen (secondary N) is 3. The highest BCUT2D eigenvalue weighted by Crippen LogP contribution is 2.30. The molecule has 144 valence electrons. The number of fused-ring (bicyclic) bond motifs is 4. The first-order valence-corrected chi connectivity index (χ1v) is 9.40. The number of aryl methyl sites for hydroxylation is 1. The molecule has 1 saturated heterocycles. The van der Waals surface area contributed by atoms with Gasteiger partial charge in [0.1, 0.15) is 34.8 Å². The van der Waals surface area contributed by atoms with Gasteiger partial charge in [0.05, 0.1) is 5.39 Å². The predicted molar refractivity (Wildman–Crippen MR) is 105 cm³/mol. The Hall–Kier alpha value is -3.36. The summed E-state index contributed by atoms with van der Waals surface area (Å²) in [5, 5.41) is 9.02. The standard InChI is InChI=1S/C19H21N7O2/c1-11-9-13(23-16-12-5-7-20-15(12)21-10-22-16)18(28)26-14(11)17(27)24-19(2)6-3-4-8-25(19)26/h5,7,9-10H,3-4,6,8H2,1-2H3,(H,24,27)(H2,20,21,22,23)/t19-/m0/s1. The average Bonchev–Trinajstić information content (AvgIpc) is 3.14.